The van der Waals surface area contributed by atoms with Crippen LogP contribution in [-0.4, -0.2) is 42.5 Å². The predicted molar refractivity (Wildman–Crippen MR) is 147 cm³/mol. The molecule has 0 bridgehead atoms. The number of fused-ring (bicyclic) bond motifs is 1. The van der Waals surface area contributed by atoms with E-state index in [0.29, 0.717) is 29.4 Å². The maximum Gasteiger partial charge on any atom is 0.348 e. The molecule has 3 N–H and O–H groups in total. The molecule has 0 spiro atoms. The highest BCUT2D eigenvalue weighted by atomic mass is 32.2. The van der Waals surface area contributed by atoms with Crippen LogP contribution in [0, 0.1) is 5.92 Å². The van der Waals surface area contributed by atoms with Crippen LogP contribution in [0.2, 0.25) is 0 Å². The van der Waals surface area contributed by atoms with Gasteiger partial charge in [-0.05, 0) is 42.0 Å². The number of rotatable bonds is 9. The fourth-order valence-electron chi connectivity index (χ4n) is 3.79. The van der Waals surface area contributed by atoms with Gasteiger partial charge in [-0.25, -0.2) is 13.1 Å². The Morgan fingerprint density at radius 2 is 2.08 bits per heavy atom. The number of hydrogen-bond donors (Lipinski definition) is 3. The van der Waals surface area contributed by atoms with Gasteiger partial charge in [0.05, 0.1) is 22.1 Å². The fraction of sp³-hybridized carbons (Fsp3) is 0.348. The van der Waals surface area contributed by atoms with Crippen molar-refractivity contribution in [2.75, 3.05) is 23.4 Å². The standard InChI is InChI=1S/C23H28N5O6PS2/c1-5-14(2)10-11-28-23(30)19(21(29)20(25-28)18-7-6-12-36-18)22-24-16-9-8-15(27-37(4,32)33)13-17(16)35(31,26-22)34-3/h6-9,12-14,27,29H,5,10-11H2,1-4H3,(H,24,26,31). The van der Waals surface area contributed by atoms with Gasteiger partial charge in [-0.1, -0.05) is 26.3 Å². The molecule has 11 nitrogen and oxygen atoms in total. The first-order chi connectivity index (χ1) is 17.5. The zero-order valence-corrected chi connectivity index (χ0v) is 23.3. The Morgan fingerprint density at radius 3 is 2.70 bits per heavy atom. The van der Waals surface area contributed by atoms with Crippen LogP contribution in [0.5, 0.6) is 5.75 Å². The monoisotopic (exact) mass is 565 g/mol. The van der Waals surface area contributed by atoms with Gasteiger partial charge in [-0.3, -0.25) is 14.1 Å². The summed E-state index contributed by atoms with van der Waals surface area (Å²) in [7, 11) is -6.32. The predicted octanol–water partition coefficient (Wildman–Crippen LogP) is 3.82. The molecule has 1 aliphatic rings. The van der Waals surface area contributed by atoms with E-state index in [0.717, 1.165) is 12.7 Å². The Labute approximate surface area is 218 Å². The summed E-state index contributed by atoms with van der Waals surface area (Å²) in [6.07, 6.45) is 2.64. The van der Waals surface area contributed by atoms with Crippen molar-refractivity contribution in [3.63, 3.8) is 0 Å². The summed E-state index contributed by atoms with van der Waals surface area (Å²) >= 11 is 1.35. The number of hydrogen-bond acceptors (Lipinski definition) is 9. The van der Waals surface area contributed by atoms with Crippen LogP contribution in [0.4, 0.5) is 11.4 Å². The van der Waals surface area contributed by atoms with E-state index < -0.39 is 23.1 Å². The lowest BCUT2D eigenvalue weighted by molar-refractivity contribution is 0.404. The quantitative estimate of drug-likeness (QED) is 0.331. The van der Waals surface area contributed by atoms with E-state index in [9.17, 15) is 22.9 Å². The molecular weight excluding hydrogens is 537 g/mol. The Morgan fingerprint density at radius 1 is 1.32 bits per heavy atom. The summed E-state index contributed by atoms with van der Waals surface area (Å²) in [6, 6.07) is 7.93. The molecule has 0 saturated heterocycles. The molecule has 0 aliphatic carbocycles. The molecule has 0 fully saturated rings. The third kappa shape index (κ3) is 5.64. The van der Waals surface area contributed by atoms with Crippen molar-refractivity contribution in [1.29, 1.82) is 0 Å². The third-order valence-electron chi connectivity index (χ3n) is 5.99. The average molecular weight is 566 g/mol. The number of anilines is 2. The molecule has 2 aromatic heterocycles. The van der Waals surface area contributed by atoms with Gasteiger partial charge in [0, 0.05) is 19.3 Å². The van der Waals surface area contributed by atoms with Crippen molar-refractivity contribution < 1.29 is 22.6 Å². The molecule has 14 heteroatoms. The summed E-state index contributed by atoms with van der Waals surface area (Å²) in [6.45, 7) is 4.47. The molecule has 2 atom stereocenters. The normalized spacial score (nSPS) is 18.0. The lowest BCUT2D eigenvalue weighted by Crippen LogP contribution is -2.35. The molecule has 3 heterocycles. The summed E-state index contributed by atoms with van der Waals surface area (Å²) in [4.78, 5) is 14.2. The Kier molecular flexibility index (Phi) is 7.61. The second kappa shape index (κ2) is 10.4. The van der Waals surface area contributed by atoms with Crippen molar-refractivity contribution in [3.05, 3.63) is 51.6 Å². The van der Waals surface area contributed by atoms with Gasteiger partial charge in [0.1, 0.15) is 11.3 Å². The van der Waals surface area contributed by atoms with Crippen molar-refractivity contribution in [3.8, 4) is 16.3 Å². The van der Waals surface area contributed by atoms with E-state index in [2.05, 4.69) is 33.7 Å². The second-order valence-electron chi connectivity index (χ2n) is 8.76. The molecule has 1 aromatic carbocycles. The molecule has 0 radical (unpaired) electrons. The molecular formula is C23H28N5O6PS2. The number of nitrogens with one attached hydrogen (secondary N) is 2. The van der Waals surface area contributed by atoms with Crippen LogP contribution in [0.25, 0.3) is 10.6 Å². The molecule has 37 heavy (non-hydrogen) atoms. The maximum absolute atomic E-state index is 13.8. The van der Waals surface area contributed by atoms with Gasteiger partial charge in [0.15, 0.2) is 11.6 Å². The van der Waals surface area contributed by atoms with Crippen molar-refractivity contribution in [2.45, 2.75) is 33.2 Å². The van der Waals surface area contributed by atoms with E-state index in [1.807, 2.05) is 11.4 Å². The SMILES string of the molecule is CCC(C)CCn1nc(-c2cccs2)c(O)c(C2=NP(=O)(OC)c3cc(NS(C)(=O)=O)ccc3N2)c1=O. The van der Waals surface area contributed by atoms with Gasteiger partial charge in [-0.2, -0.15) is 9.86 Å². The zero-order chi connectivity index (χ0) is 27.0. The molecule has 2 unspecified atom stereocenters. The Hall–Kier alpha value is -2.99. The number of aromatic hydroxyl groups is 1. The highest BCUT2D eigenvalue weighted by molar-refractivity contribution is 7.92. The van der Waals surface area contributed by atoms with Crippen LogP contribution in [0.1, 0.15) is 32.3 Å². The van der Waals surface area contributed by atoms with Crippen LogP contribution in [0.3, 0.4) is 0 Å². The van der Waals surface area contributed by atoms with E-state index in [-0.39, 0.29) is 33.8 Å². The highest BCUT2D eigenvalue weighted by Gasteiger charge is 2.36. The van der Waals surface area contributed by atoms with E-state index in [1.54, 1.807) is 6.07 Å². The minimum Gasteiger partial charge on any atom is -0.505 e. The van der Waals surface area contributed by atoms with Crippen molar-refractivity contribution in [1.82, 2.24) is 9.78 Å². The number of aryl methyl sites for hydroxylation is 1. The topological polar surface area (TPSA) is 152 Å². The second-order valence-corrected chi connectivity index (χ2v) is 13.5. The molecule has 198 valence electrons. The molecule has 3 aromatic rings. The lowest BCUT2D eigenvalue weighted by Gasteiger charge is -2.25. The van der Waals surface area contributed by atoms with Gasteiger partial charge in [0.2, 0.25) is 10.0 Å². The smallest absolute Gasteiger partial charge is 0.348 e. The molecule has 0 saturated carbocycles. The molecule has 1 aliphatic heterocycles. The minimum atomic E-state index is -3.95. The van der Waals surface area contributed by atoms with Gasteiger partial charge >= 0.3 is 7.52 Å². The maximum atomic E-state index is 13.8. The fourth-order valence-corrected chi connectivity index (χ4v) is 6.59. The van der Waals surface area contributed by atoms with Crippen LogP contribution < -0.4 is 20.9 Å². The largest absolute Gasteiger partial charge is 0.505 e. The average Bonchev–Trinajstić information content (AvgIpc) is 3.37. The van der Waals surface area contributed by atoms with E-state index >= 15 is 0 Å². The third-order valence-corrected chi connectivity index (χ3v) is 9.41. The first kappa shape index (κ1) is 27.1. The zero-order valence-electron chi connectivity index (χ0n) is 20.8. The number of aromatic nitrogens is 2. The Balaban J connectivity index is 1.87. The number of benzene rings is 1. The van der Waals surface area contributed by atoms with Gasteiger partial charge in [0.25, 0.3) is 5.56 Å². The number of nitrogens with zero attached hydrogens (tertiary/aromatic N) is 3. The van der Waals surface area contributed by atoms with Crippen molar-refractivity contribution >= 4 is 51.4 Å². The van der Waals surface area contributed by atoms with Crippen LogP contribution >= 0.6 is 18.9 Å². The van der Waals surface area contributed by atoms with Crippen LogP contribution in [0.15, 0.2) is 45.3 Å². The van der Waals surface area contributed by atoms with Crippen molar-refractivity contribution in [2.24, 2.45) is 10.7 Å². The first-order valence-electron chi connectivity index (χ1n) is 11.5. The summed E-state index contributed by atoms with van der Waals surface area (Å²) in [5.41, 5.74) is -0.0755. The van der Waals surface area contributed by atoms with Gasteiger partial charge < -0.3 is 14.9 Å². The summed E-state index contributed by atoms with van der Waals surface area (Å²) in [5, 5.41) is 20.6. The van der Waals surface area contributed by atoms with Crippen LogP contribution in [-0.2, 0) is 25.7 Å². The number of thiophene rings is 1. The minimum absolute atomic E-state index is 0.122. The lowest BCUT2D eigenvalue weighted by atomic mass is 10.1. The molecule has 0 amide bonds. The summed E-state index contributed by atoms with van der Waals surface area (Å²) < 4.78 is 50.3. The van der Waals surface area contributed by atoms with Gasteiger partial charge in [-0.15, -0.1) is 11.3 Å². The number of sulfonamides is 1. The summed E-state index contributed by atoms with van der Waals surface area (Å²) in [5.74, 6) is -0.155. The Bertz CT molecular complexity index is 1570. The van der Waals surface area contributed by atoms with E-state index in [1.165, 1.54) is 41.3 Å². The number of amidine groups is 1. The molecule has 4 rings (SSSR count). The highest BCUT2D eigenvalue weighted by Crippen LogP contribution is 2.52. The van der Waals surface area contributed by atoms with E-state index in [4.69, 9.17) is 4.52 Å². The first-order valence-corrected chi connectivity index (χ1v) is 15.8.